The molecule has 2 fully saturated rings. The molecule has 0 aliphatic carbocycles. The first kappa shape index (κ1) is 35.6. The lowest BCUT2D eigenvalue weighted by molar-refractivity contribution is -0.136. The minimum atomic E-state index is -3.49. The zero-order valence-electron chi connectivity index (χ0n) is 29.4. The van der Waals surface area contributed by atoms with Crippen LogP contribution < -0.4 is 24.4 Å². The third-order valence-corrected chi connectivity index (χ3v) is 10.3. The van der Waals surface area contributed by atoms with Crippen molar-refractivity contribution in [3.8, 4) is 11.5 Å². The maximum atomic E-state index is 13.5. The van der Waals surface area contributed by atoms with Crippen LogP contribution in [0.5, 0.6) is 11.5 Å². The van der Waals surface area contributed by atoms with E-state index in [2.05, 4.69) is 33.9 Å². The zero-order valence-corrected chi connectivity index (χ0v) is 30.2. The highest BCUT2D eigenvalue weighted by atomic mass is 32.2. The van der Waals surface area contributed by atoms with Gasteiger partial charge in [-0.1, -0.05) is 44.2 Å². The van der Waals surface area contributed by atoms with E-state index in [0.29, 0.717) is 42.4 Å². The fraction of sp³-hybridized carbons (Fsp3) is 0.316. The van der Waals surface area contributed by atoms with Gasteiger partial charge in [-0.25, -0.2) is 18.4 Å². The van der Waals surface area contributed by atoms with Crippen molar-refractivity contribution in [1.29, 1.82) is 0 Å². The number of carbonyl (C=O) groups is 4. The number of benzene rings is 3. The molecular weight excluding hydrogens is 701 g/mol. The maximum absolute atomic E-state index is 13.5. The molecule has 7 rings (SSSR count). The molecular formula is C38H38N6O8S. The van der Waals surface area contributed by atoms with Crippen molar-refractivity contribution in [3.05, 3.63) is 107 Å². The van der Waals surface area contributed by atoms with Crippen LogP contribution in [0.2, 0.25) is 0 Å². The number of hydrogen-bond acceptors (Lipinski definition) is 11. The van der Waals surface area contributed by atoms with Gasteiger partial charge in [0.05, 0.1) is 35.4 Å². The Kier molecular flexibility index (Phi) is 9.36. The summed E-state index contributed by atoms with van der Waals surface area (Å²) in [6.45, 7) is 6.19. The lowest BCUT2D eigenvalue weighted by Crippen LogP contribution is -2.54. The highest BCUT2D eigenvalue weighted by Gasteiger charge is 2.46. The molecule has 2 saturated heterocycles. The van der Waals surface area contributed by atoms with Crippen LogP contribution in [0, 0.1) is 5.92 Å². The molecule has 4 aromatic rings. The number of nitrogens with zero attached hydrogens (tertiary/aromatic N) is 4. The normalized spacial score (nSPS) is 17.7. The third-order valence-electron chi connectivity index (χ3n) is 9.76. The Morgan fingerprint density at radius 1 is 0.887 bits per heavy atom. The monoisotopic (exact) mass is 738 g/mol. The van der Waals surface area contributed by atoms with E-state index in [1.807, 2.05) is 59.5 Å². The van der Waals surface area contributed by atoms with E-state index in [0.717, 1.165) is 28.0 Å². The molecule has 15 heteroatoms. The van der Waals surface area contributed by atoms with Crippen LogP contribution in [0.25, 0.3) is 0 Å². The summed E-state index contributed by atoms with van der Waals surface area (Å²) in [6, 6.07) is 21.6. The van der Waals surface area contributed by atoms with Crippen molar-refractivity contribution in [1.82, 2.24) is 20.2 Å². The summed E-state index contributed by atoms with van der Waals surface area (Å²) >= 11 is 0. The fourth-order valence-corrected chi connectivity index (χ4v) is 7.23. The number of piperidine rings is 1. The number of imide groups is 2. The standard InChI is InChI=1S/C38H38N6O8S/c1-38(2,25-9-13-28(14-10-25)52-22-26-17-18-39-37(40-26)42-53(3,49)50)24-7-11-27(12-8-24)51-21-23-19-43(20-23)30-6-4-5-29-33(30)36(48)44(35(29)47)31-15-16-32(45)41-34(31)46/h4-14,17-18,23,31H,15-16,19-22H2,1-3H3,(H,39,40,42)(H,41,45,46). The van der Waals surface area contributed by atoms with Crippen molar-refractivity contribution in [3.63, 3.8) is 0 Å². The third kappa shape index (κ3) is 7.42. The Hall–Kier alpha value is -5.83. The van der Waals surface area contributed by atoms with Gasteiger partial charge in [-0.05, 0) is 60.0 Å². The van der Waals surface area contributed by atoms with Crippen molar-refractivity contribution < 1.29 is 37.1 Å². The van der Waals surface area contributed by atoms with E-state index in [1.165, 1.54) is 6.20 Å². The molecule has 3 aromatic carbocycles. The molecule has 1 unspecified atom stereocenters. The molecule has 3 aliphatic heterocycles. The van der Waals surface area contributed by atoms with Gasteiger partial charge in [-0.15, -0.1) is 0 Å². The first-order chi connectivity index (χ1) is 25.3. The molecule has 0 bridgehead atoms. The number of hydrogen-bond donors (Lipinski definition) is 2. The molecule has 1 atom stereocenters. The van der Waals surface area contributed by atoms with Gasteiger partial charge in [0.25, 0.3) is 11.8 Å². The molecule has 4 heterocycles. The molecule has 1 aromatic heterocycles. The first-order valence-electron chi connectivity index (χ1n) is 17.1. The van der Waals surface area contributed by atoms with Crippen molar-refractivity contribution in [2.45, 2.75) is 44.8 Å². The summed E-state index contributed by atoms with van der Waals surface area (Å²) in [6.07, 6.45) is 2.69. The summed E-state index contributed by atoms with van der Waals surface area (Å²) in [7, 11) is -3.49. The zero-order chi connectivity index (χ0) is 37.5. The van der Waals surface area contributed by atoms with E-state index in [-0.39, 0.29) is 42.3 Å². The molecule has 274 valence electrons. The van der Waals surface area contributed by atoms with Crippen LogP contribution in [0.4, 0.5) is 11.6 Å². The predicted octanol–water partition coefficient (Wildman–Crippen LogP) is 3.67. The number of nitrogens with one attached hydrogen (secondary N) is 2. The van der Waals surface area contributed by atoms with E-state index in [4.69, 9.17) is 9.47 Å². The van der Waals surface area contributed by atoms with Gasteiger partial charge in [0, 0.05) is 37.0 Å². The smallest absolute Gasteiger partial charge is 0.264 e. The molecule has 3 aliphatic rings. The number of fused-ring (bicyclic) bond motifs is 1. The molecule has 0 saturated carbocycles. The van der Waals surface area contributed by atoms with Gasteiger partial charge in [0.2, 0.25) is 27.8 Å². The van der Waals surface area contributed by atoms with E-state index >= 15 is 0 Å². The van der Waals surface area contributed by atoms with Crippen molar-refractivity contribution >= 4 is 45.3 Å². The lowest BCUT2D eigenvalue weighted by Gasteiger charge is -2.41. The Morgan fingerprint density at radius 3 is 2.19 bits per heavy atom. The van der Waals surface area contributed by atoms with Gasteiger partial charge >= 0.3 is 0 Å². The molecule has 0 spiro atoms. The second-order valence-electron chi connectivity index (χ2n) is 13.9. The summed E-state index contributed by atoms with van der Waals surface area (Å²) in [4.78, 5) is 61.9. The van der Waals surface area contributed by atoms with Gasteiger partial charge in [0.15, 0.2) is 0 Å². The Bertz CT molecular complexity index is 2200. The second kappa shape index (κ2) is 14.0. The number of amides is 4. The minimum absolute atomic E-state index is 0.0103. The predicted molar refractivity (Wildman–Crippen MR) is 194 cm³/mol. The van der Waals surface area contributed by atoms with Gasteiger partial charge in [0.1, 0.15) is 24.1 Å². The fourth-order valence-electron chi connectivity index (χ4n) is 6.80. The summed E-state index contributed by atoms with van der Waals surface area (Å²) in [5, 5.41) is 2.23. The van der Waals surface area contributed by atoms with E-state index in [1.54, 1.807) is 18.2 Å². The van der Waals surface area contributed by atoms with Crippen LogP contribution in [0.1, 0.15) is 64.2 Å². The lowest BCUT2D eigenvalue weighted by atomic mass is 9.78. The number of anilines is 2. The Balaban J connectivity index is 0.913. The summed E-state index contributed by atoms with van der Waals surface area (Å²) in [5.74, 6) is -0.480. The van der Waals surface area contributed by atoms with Crippen LogP contribution in [-0.4, -0.2) is 78.9 Å². The SMILES string of the molecule is CC(C)(c1ccc(OCc2ccnc(NS(C)(=O)=O)n2)cc1)c1ccc(OCC2CN(c3cccc4c3C(=O)N(C3CCC(=O)NC3=O)C4=O)C2)cc1. The highest BCUT2D eigenvalue weighted by molar-refractivity contribution is 7.92. The van der Waals surface area contributed by atoms with Crippen LogP contribution in [0.15, 0.2) is 79.0 Å². The highest BCUT2D eigenvalue weighted by Crippen LogP contribution is 2.37. The van der Waals surface area contributed by atoms with Crippen molar-refractivity contribution in [2.75, 3.05) is 35.6 Å². The van der Waals surface area contributed by atoms with Crippen molar-refractivity contribution in [2.24, 2.45) is 5.92 Å². The van der Waals surface area contributed by atoms with Gasteiger partial charge in [-0.2, -0.15) is 0 Å². The summed E-state index contributed by atoms with van der Waals surface area (Å²) < 4.78 is 37.2. The van der Waals surface area contributed by atoms with Gasteiger partial charge in [-0.3, -0.25) is 34.1 Å². The number of sulfonamides is 1. The number of aromatic nitrogens is 2. The van der Waals surface area contributed by atoms with Gasteiger partial charge < -0.3 is 14.4 Å². The quantitative estimate of drug-likeness (QED) is 0.203. The van der Waals surface area contributed by atoms with E-state index in [9.17, 15) is 27.6 Å². The molecule has 4 amide bonds. The number of carbonyl (C=O) groups excluding carboxylic acids is 4. The van der Waals surface area contributed by atoms with Crippen LogP contribution in [0.3, 0.4) is 0 Å². The molecule has 0 radical (unpaired) electrons. The van der Waals surface area contributed by atoms with Crippen LogP contribution in [-0.2, 0) is 31.6 Å². The van der Waals surface area contributed by atoms with Crippen LogP contribution >= 0.6 is 0 Å². The second-order valence-corrected chi connectivity index (χ2v) is 15.7. The average Bonchev–Trinajstić information content (AvgIpc) is 3.36. The van der Waals surface area contributed by atoms with E-state index < -0.39 is 39.7 Å². The molecule has 53 heavy (non-hydrogen) atoms. The minimum Gasteiger partial charge on any atom is -0.493 e. The largest absolute Gasteiger partial charge is 0.493 e. The number of ether oxygens (including phenoxy) is 2. The molecule has 2 N–H and O–H groups in total. The number of rotatable bonds is 12. The Labute approximate surface area is 306 Å². The Morgan fingerprint density at radius 2 is 1.55 bits per heavy atom. The maximum Gasteiger partial charge on any atom is 0.264 e. The average molecular weight is 739 g/mol. The summed E-state index contributed by atoms with van der Waals surface area (Å²) in [5.41, 5.74) is 3.62. The molecule has 14 nitrogen and oxygen atoms in total. The topological polar surface area (TPSA) is 177 Å². The first-order valence-corrected chi connectivity index (χ1v) is 19.0.